The number of rotatable bonds is 5. The Kier molecular flexibility index (Phi) is 5.87. The largest absolute Gasteiger partial charge is 0.454 e. The standard InChI is InChI=1S/C13H15N3O5/c1-8-2-4-9(5-3-8)12(19)15-6-11(18)21-7-10(17)16-13(14)20/h2-5H,6-7H2,1H3,(H,15,19)(H3,14,16,17,20). The van der Waals surface area contributed by atoms with Crippen LogP contribution < -0.4 is 16.4 Å². The van der Waals surface area contributed by atoms with E-state index in [1.165, 1.54) is 0 Å². The number of esters is 1. The number of imide groups is 1. The Morgan fingerprint density at radius 3 is 2.33 bits per heavy atom. The molecular weight excluding hydrogens is 278 g/mol. The van der Waals surface area contributed by atoms with Gasteiger partial charge < -0.3 is 15.8 Å². The maximum atomic E-state index is 11.7. The number of nitrogens with one attached hydrogen (secondary N) is 2. The molecular formula is C13H15N3O5. The van der Waals surface area contributed by atoms with Crippen molar-refractivity contribution in [2.75, 3.05) is 13.2 Å². The molecule has 0 aromatic heterocycles. The normalized spacial score (nSPS) is 9.57. The Labute approximate surface area is 120 Å². The van der Waals surface area contributed by atoms with Gasteiger partial charge in [-0.15, -0.1) is 0 Å². The monoisotopic (exact) mass is 293 g/mol. The average molecular weight is 293 g/mol. The molecule has 0 aliphatic carbocycles. The van der Waals surface area contributed by atoms with Crippen molar-refractivity contribution in [3.63, 3.8) is 0 Å². The first-order valence-corrected chi connectivity index (χ1v) is 5.98. The summed E-state index contributed by atoms with van der Waals surface area (Å²) in [6.07, 6.45) is 0. The number of carbonyl (C=O) groups excluding carboxylic acids is 4. The predicted molar refractivity (Wildman–Crippen MR) is 72.2 cm³/mol. The zero-order valence-corrected chi connectivity index (χ0v) is 11.3. The number of carbonyl (C=O) groups is 4. The minimum atomic E-state index is -1.04. The number of amides is 4. The highest BCUT2D eigenvalue weighted by Crippen LogP contribution is 2.02. The summed E-state index contributed by atoms with van der Waals surface area (Å²) in [6, 6.07) is 5.74. The number of aryl methyl sites for hydroxylation is 1. The summed E-state index contributed by atoms with van der Waals surface area (Å²) in [5, 5.41) is 4.08. The fourth-order valence-electron chi connectivity index (χ4n) is 1.33. The quantitative estimate of drug-likeness (QED) is 0.628. The molecule has 0 unspecified atom stereocenters. The van der Waals surface area contributed by atoms with Crippen LogP contribution in [-0.2, 0) is 14.3 Å². The highest BCUT2D eigenvalue weighted by molar-refractivity contribution is 5.97. The van der Waals surface area contributed by atoms with Gasteiger partial charge in [0.25, 0.3) is 11.8 Å². The molecule has 0 spiro atoms. The molecule has 112 valence electrons. The van der Waals surface area contributed by atoms with Crippen molar-refractivity contribution in [2.24, 2.45) is 5.73 Å². The van der Waals surface area contributed by atoms with Gasteiger partial charge in [-0.05, 0) is 19.1 Å². The summed E-state index contributed by atoms with van der Waals surface area (Å²) < 4.78 is 4.54. The third kappa shape index (κ3) is 6.19. The van der Waals surface area contributed by atoms with Crippen LogP contribution in [0.2, 0.25) is 0 Å². The van der Waals surface area contributed by atoms with Crippen molar-refractivity contribution in [3.8, 4) is 0 Å². The summed E-state index contributed by atoms with van der Waals surface area (Å²) >= 11 is 0. The van der Waals surface area contributed by atoms with Crippen LogP contribution in [0.25, 0.3) is 0 Å². The lowest BCUT2D eigenvalue weighted by Gasteiger charge is -2.06. The second-order valence-electron chi connectivity index (χ2n) is 4.12. The summed E-state index contributed by atoms with van der Waals surface area (Å²) in [5.41, 5.74) is 6.11. The Balaban J connectivity index is 2.32. The summed E-state index contributed by atoms with van der Waals surface area (Å²) in [5.74, 6) is -2.09. The number of hydrogen-bond donors (Lipinski definition) is 3. The summed E-state index contributed by atoms with van der Waals surface area (Å²) in [7, 11) is 0. The Morgan fingerprint density at radius 2 is 1.76 bits per heavy atom. The molecule has 21 heavy (non-hydrogen) atoms. The number of nitrogens with two attached hydrogens (primary N) is 1. The average Bonchev–Trinajstić information content (AvgIpc) is 2.42. The first kappa shape index (κ1) is 16.2. The van der Waals surface area contributed by atoms with Crippen LogP contribution in [-0.4, -0.2) is 37.0 Å². The Bertz CT molecular complexity index is 553. The second kappa shape index (κ2) is 7.63. The van der Waals surface area contributed by atoms with Crippen LogP contribution in [0.1, 0.15) is 15.9 Å². The Hall–Kier alpha value is -2.90. The molecule has 1 aromatic carbocycles. The minimum Gasteiger partial charge on any atom is -0.454 e. The minimum absolute atomic E-state index is 0.392. The van der Waals surface area contributed by atoms with E-state index in [0.717, 1.165) is 5.56 Å². The van der Waals surface area contributed by atoms with Crippen molar-refractivity contribution >= 4 is 23.8 Å². The van der Waals surface area contributed by atoms with E-state index in [4.69, 9.17) is 5.73 Å². The van der Waals surface area contributed by atoms with Gasteiger partial charge in [-0.2, -0.15) is 0 Å². The van der Waals surface area contributed by atoms with Gasteiger partial charge in [0.2, 0.25) is 0 Å². The van der Waals surface area contributed by atoms with Gasteiger partial charge >= 0.3 is 12.0 Å². The molecule has 0 saturated heterocycles. The fraction of sp³-hybridized carbons (Fsp3) is 0.231. The van der Waals surface area contributed by atoms with E-state index >= 15 is 0 Å². The fourth-order valence-corrected chi connectivity index (χ4v) is 1.33. The van der Waals surface area contributed by atoms with Gasteiger partial charge in [-0.1, -0.05) is 17.7 Å². The summed E-state index contributed by atoms with van der Waals surface area (Å²) in [6.45, 7) is 0.842. The molecule has 4 N–H and O–H groups in total. The van der Waals surface area contributed by atoms with Crippen molar-refractivity contribution < 1.29 is 23.9 Å². The van der Waals surface area contributed by atoms with Crippen molar-refractivity contribution in [3.05, 3.63) is 35.4 Å². The third-order valence-electron chi connectivity index (χ3n) is 2.33. The van der Waals surface area contributed by atoms with Crippen LogP contribution in [0.4, 0.5) is 4.79 Å². The van der Waals surface area contributed by atoms with Crippen molar-refractivity contribution in [2.45, 2.75) is 6.92 Å². The van der Waals surface area contributed by atoms with Crippen LogP contribution in [0.15, 0.2) is 24.3 Å². The van der Waals surface area contributed by atoms with Crippen molar-refractivity contribution in [1.29, 1.82) is 0 Å². The predicted octanol–water partition coefficient (Wildman–Crippen LogP) is -0.537. The first-order chi connectivity index (χ1) is 9.88. The van der Waals surface area contributed by atoms with E-state index < -0.39 is 37.0 Å². The topological polar surface area (TPSA) is 128 Å². The number of primary amides is 1. The van der Waals surface area contributed by atoms with E-state index in [-0.39, 0.29) is 0 Å². The number of hydrogen-bond acceptors (Lipinski definition) is 5. The molecule has 0 saturated carbocycles. The zero-order valence-electron chi connectivity index (χ0n) is 11.3. The maximum absolute atomic E-state index is 11.7. The van der Waals surface area contributed by atoms with E-state index in [1.54, 1.807) is 29.6 Å². The van der Waals surface area contributed by atoms with Gasteiger partial charge in [0, 0.05) is 5.56 Å². The lowest BCUT2D eigenvalue weighted by atomic mass is 10.1. The molecule has 0 atom stereocenters. The molecule has 1 rings (SSSR count). The van der Waals surface area contributed by atoms with E-state index in [1.807, 2.05) is 6.92 Å². The molecule has 0 aliphatic heterocycles. The molecule has 0 radical (unpaired) electrons. The smallest absolute Gasteiger partial charge is 0.325 e. The molecule has 0 fully saturated rings. The maximum Gasteiger partial charge on any atom is 0.325 e. The van der Waals surface area contributed by atoms with E-state index in [2.05, 4.69) is 10.1 Å². The number of urea groups is 1. The zero-order chi connectivity index (χ0) is 15.8. The second-order valence-corrected chi connectivity index (χ2v) is 4.12. The highest BCUT2D eigenvalue weighted by Gasteiger charge is 2.11. The summed E-state index contributed by atoms with van der Waals surface area (Å²) in [4.78, 5) is 44.3. The van der Waals surface area contributed by atoms with E-state index in [9.17, 15) is 19.2 Å². The van der Waals surface area contributed by atoms with Gasteiger partial charge in [0.05, 0.1) is 0 Å². The lowest BCUT2D eigenvalue weighted by Crippen LogP contribution is -2.39. The van der Waals surface area contributed by atoms with Gasteiger partial charge in [-0.3, -0.25) is 19.7 Å². The van der Waals surface area contributed by atoms with Gasteiger partial charge in [0.1, 0.15) is 6.54 Å². The molecule has 0 aliphatic rings. The number of ether oxygens (including phenoxy) is 1. The molecule has 1 aromatic rings. The Morgan fingerprint density at radius 1 is 1.14 bits per heavy atom. The van der Waals surface area contributed by atoms with Crippen LogP contribution >= 0.6 is 0 Å². The third-order valence-corrected chi connectivity index (χ3v) is 2.33. The van der Waals surface area contributed by atoms with Crippen LogP contribution in [0.5, 0.6) is 0 Å². The van der Waals surface area contributed by atoms with Gasteiger partial charge in [-0.25, -0.2) is 4.79 Å². The number of benzene rings is 1. The molecule has 0 bridgehead atoms. The molecule has 8 nitrogen and oxygen atoms in total. The SMILES string of the molecule is Cc1ccc(C(=O)NCC(=O)OCC(=O)NC(N)=O)cc1. The van der Waals surface area contributed by atoms with E-state index in [0.29, 0.717) is 5.56 Å². The van der Waals surface area contributed by atoms with Crippen molar-refractivity contribution in [1.82, 2.24) is 10.6 Å². The van der Waals surface area contributed by atoms with Gasteiger partial charge in [0.15, 0.2) is 6.61 Å². The highest BCUT2D eigenvalue weighted by atomic mass is 16.5. The molecule has 8 heteroatoms. The first-order valence-electron chi connectivity index (χ1n) is 5.98. The molecule has 0 heterocycles. The van der Waals surface area contributed by atoms with Crippen LogP contribution in [0, 0.1) is 6.92 Å². The van der Waals surface area contributed by atoms with Crippen LogP contribution in [0.3, 0.4) is 0 Å². The lowest BCUT2D eigenvalue weighted by molar-refractivity contribution is -0.147. The molecule has 4 amide bonds.